The molecule has 0 saturated heterocycles. The number of anilines is 1. The van der Waals surface area contributed by atoms with Gasteiger partial charge in [-0.05, 0) is 28.1 Å². The number of imidazole rings is 1. The number of rotatable bonds is 2. The van der Waals surface area contributed by atoms with Crippen LogP contribution in [0.15, 0.2) is 22.9 Å². The summed E-state index contributed by atoms with van der Waals surface area (Å²) in [7, 11) is 1.92. The molecule has 2 aromatic heterocycles. The van der Waals surface area contributed by atoms with E-state index in [4.69, 9.17) is 0 Å². The maximum atomic E-state index is 4.46. The highest BCUT2D eigenvalue weighted by Gasteiger charge is 2.09. The Hall–Kier alpha value is -1.03. The molecule has 2 aromatic rings. The molecular formula is C10H12BrN3. The van der Waals surface area contributed by atoms with Gasteiger partial charge >= 0.3 is 0 Å². The minimum Gasteiger partial charge on any atom is -0.386 e. The van der Waals surface area contributed by atoms with Crippen LogP contribution in [0.25, 0.3) is 5.52 Å². The molecule has 0 aliphatic carbocycles. The molecule has 74 valence electrons. The minimum atomic E-state index is 0.902. The minimum absolute atomic E-state index is 0.902. The van der Waals surface area contributed by atoms with E-state index in [2.05, 4.69) is 37.6 Å². The van der Waals surface area contributed by atoms with Gasteiger partial charge in [0.1, 0.15) is 15.9 Å². The van der Waals surface area contributed by atoms with Gasteiger partial charge in [-0.25, -0.2) is 4.98 Å². The van der Waals surface area contributed by atoms with Gasteiger partial charge in [0.15, 0.2) is 0 Å². The summed E-state index contributed by atoms with van der Waals surface area (Å²) < 4.78 is 3.01. The first-order valence-electron chi connectivity index (χ1n) is 4.61. The second-order valence-corrected chi connectivity index (χ2v) is 3.81. The van der Waals surface area contributed by atoms with Gasteiger partial charge in [0.05, 0.1) is 5.69 Å². The Kier molecular flexibility index (Phi) is 2.46. The predicted octanol–water partition coefficient (Wildman–Crippen LogP) is 2.70. The number of aromatic nitrogens is 2. The third kappa shape index (κ3) is 1.30. The van der Waals surface area contributed by atoms with E-state index in [9.17, 15) is 0 Å². The molecule has 0 atom stereocenters. The molecule has 0 radical (unpaired) electrons. The van der Waals surface area contributed by atoms with Crippen molar-refractivity contribution in [1.82, 2.24) is 9.38 Å². The molecule has 0 amide bonds. The average molecular weight is 254 g/mol. The Morgan fingerprint density at radius 3 is 3.00 bits per heavy atom. The van der Waals surface area contributed by atoms with Crippen LogP contribution < -0.4 is 5.32 Å². The van der Waals surface area contributed by atoms with Crippen molar-refractivity contribution in [2.24, 2.45) is 0 Å². The van der Waals surface area contributed by atoms with Crippen molar-refractivity contribution < 1.29 is 0 Å². The Labute approximate surface area is 91.3 Å². The van der Waals surface area contributed by atoms with E-state index in [1.807, 2.05) is 25.4 Å². The van der Waals surface area contributed by atoms with Gasteiger partial charge in [0, 0.05) is 19.7 Å². The fourth-order valence-electron chi connectivity index (χ4n) is 1.61. The Morgan fingerprint density at radius 2 is 2.36 bits per heavy atom. The van der Waals surface area contributed by atoms with E-state index >= 15 is 0 Å². The van der Waals surface area contributed by atoms with Crippen molar-refractivity contribution in [1.29, 1.82) is 0 Å². The highest BCUT2D eigenvalue weighted by Crippen LogP contribution is 2.26. The van der Waals surface area contributed by atoms with Crippen LogP contribution in [0.5, 0.6) is 0 Å². The molecule has 0 saturated carbocycles. The lowest BCUT2D eigenvalue weighted by molar-refractivity contribution is 0.931. The van der Waals surface area contributed by atoms with E-state index in [0.717, 1.165) is 28.1 Å². The number of pyridine rings is 1. The lowest BCUT2D eigenvalue weighted by atomic mass is 10.3. The zero-order valence-electron chi connectivity index (χ0n) is 8.21. The number of hydrogen-bond acceptors (Lipinski definition) is 2. The lowest BCUT2D eigenvalue weighted by Gasteiger charge is -2.03. The number of hydrogen-bond donors (Lipinski definition) is 1. The first-order valence-corrected chi connectivity index (χ1v) is 5.40. The molecule has 3 nitrogen and oxygen atoms in total. The first-order chi connectivity index (χ1) is 6.77. The Bertz CT molecular complexity index is 462. The van der Waals surface area contributed by atoms with Crippen LogP contribution in [0.4, 0.5) is 5.69 Å². The maximum Gasteiger partial charge on any atom is 0.134 e. The van der Waals surface area contributed by atoms with Crippen LogP contribution >= 0.6 is 15.9 Å². The Balaban J connectivity index is 2.81. The van der Waals surface area contributed by atoms with Crippen LogP contribution in [-0.2, 0) is 6.42 Å². The van der Waals surface area contributed by atoms with Gasteiger partial charge in [0.25, 0.3) is 0 Å². The van der Waals surface area contributed by atoms with E-state index in [1.165, 1.54) is 0 Å². The molecule has 0 aliphatic rings. The van der Waals surface area contributed by atoms with Crippen molar-refractivity contribution >= 4 is 27.1 Å². The van der Waals surface area contributed by atoms with Gasteiger partial charge in [-0.1, -0.05) is 6.92 Å². The number of nitrogens with one attached hydrogen (secondary N) is 1. The zero-order valence-corrected chi connectivity index (χ0v) is 9.80. The smallest absolute Gasteiger partial charge is 0.134 e. The molecule has 0 aromatic carbocycles. The largest absolute Gasteiger partial charge is 0.386 e. The monoisotopic (exact) mass is 253 g/mol. The van der Waals surface area contributed by atoms with Gasteiger partial charge in [0.2, 0.25) is 0 Å². The summed E-state index contributed by atoms with van der Waals surface area (Å²) in [5.41, 5.74) is 2.19. The van der Waals surface area contributed by atoms with Crippen LogP contribution in [0, 0.1) is 0 Å². The number of aryl methyl sites for hydroxylation is 1. The second kappa shape index (κ2) is 3.61. The fourth-order valence-corrected chi connectivity index (χ4v) is 2.21. The molecule has 4 heteroatoms. The van der Waals surface area contributed by atoms with Crippen molar-refractivity contribution in [2.75, 3.05) is 12.4 Å². The topological polar surface area (TPSA) is 29.3 Å². The molecule has 2 heterocycles. The quantitative estimate of drug-likeness (QED) is 0.892. The molecule has 0 fully saturated rings. The molecule has 0 aliphatic heterocycles. The molecule has 0 spiro atoms. The molecule has 2 rings (SSSR count). The van der Waals surface area contributed by atoms with Crippen LogP contribution in [0.1, 0.15) is 12.7 Å². The van der Waals surface area contributed by atoms with Crippen molar-refractivity contribution in [3.63, 3.8) is 0 Å². The van der Waals surface area contributed by atoms with Crippen LogP contribution in [0.2, 0.25) is 0 Å². The Morgan fingerprint density at radius 1 is 1.57 bits per heavy atom. The van der Waals surface area contributed by atoms with E-state index in [-0.39, 0.29) is 0 Å². The zero-order chi connectivity index (χ0) is 10.1. The standard InChI is InChI=1S/C10H12BrN3/c1-3-8-13-10(11)9-7(12-2)5-4-6-14(8)9/h4-6,12H,3H2,1-2H3. The van der Waals surface area contributed by atoms with Crippen LogP contribution in [-0.4, -0.2) is 16.4 Å². The highest BCUT2D eigenvalue weighted by molar-refractivity contribution is 9.10. The number of halogens is 1. The van der Waals surface area contributed by atoms with E-state index in [1.54, 1.807) is 0 Å². The third-order valence-corrected chi connectivity index (χ3v) is 2.83. The summed E-state index contributed by atoms with van der Waals surface area (Å²) in [4.78, 5) is 4.46. The van der Waals surface area contributed by atoms with Crippen molar-refractivity contribution in [3.8, 4) is 0 Å². The highest BCUT2D eigenvalue weighted by atomic mass is 79.9. The molecular weight excluding hydrogens is 242 g/mol. The molecule has 0 bridgehead atoms. The summed E-state index contributed by atoms with van der Waals surface area (Å²) in [6.45, 7) is 2.10. The summed E-state index contributed by atoms with van der Waals surface area (Å²) in [5, 5.41) is 3.16. The van der Waals surface area contributed by atoms with Gasteiger partial charge < -0.3 is 9.72 Å². The van der Waals surface area contributed by atoms with Crippen molar-refractivity contribution in [2.45, 2.75) is 13.3 Å². The number of nitrogens with zero attached hydrogens (tertiary/aromatic N) is 2. The van der Waals surface area contributed by atoms with E-state index in [0.29, 0.717) is 0 Å². The summed E-state index contributed by atoms with van der Waals surface area (Å²) >= 11 is 3.48. The second-order valence-electron chi connectivity index (χ2n) is 3.06. The third-order valence-electron chi connectivity index (χ3n) is 2.28. The fraction of sp³-hybridized carbons (Fsp3) is 0.300. The van der Waals surface area contributed by atoms with Gasteiger partial charge in [-0.3, -0.25) is 0 Å². The lowest BCUT2D eigenvalue weighted by Crippen LogP contribution is -1.95. The SMILES string of the molecule is CCc1nc(Br)c2c(NC)cccn12. The number of fused-ring (bicyclic) bond motifs is 1. The molecule has 0 unspecified atom stereocenters. The summed E-state index contributed by atoms with van der Waals surface area (Å²) in [6, 6.07) is 4.06. The average Bonchev–Trinajstić information content (AvgIpc) is 2.55. The van der Waals surface area contributed by atoms with Gasteiger partial charge in [-0.15, -0.1) is 0 Å². The van der Waals surface area contributed by atoms with E-state index < -0.39 is 0 Å². The summed E-state index contributed by atoms with van der Waals surface area (Å²) in [5.74, 6) is 1.07. The van der Waals surface area contributed by atoms with Crippen LogP contribution in [0.3, 0.4) is 0 Å². The van der Waals surface area contributed by atoms with Crippen molar-refractivity contribution in [3.05, 3.63) is 28.8 Å². The predicted molar refractivity (Wildman–Crippen MR) is 61.8 cm³/mol. The maximum absolute atomic E-state index is 4.46. The van der Waals surface area contributed by atoms with Gasteiger partial charge in [-0.2, -0.15) is 0 Å². The molecule has 14 heavy (non-hydrogen) atoms. The summed E-state index contributed by atoms with van der Waals surface area (Å²) in [6.07, 6.45) is 2.96. The normalized spacial score (nSPS) is 10.8. The molecule has 1 N–H and O–H groups in total. The first kappa shape index (κ1) is 9.52.